The first-order valence-electron chi connectivity index (χ1n) is 3.52. The minimum absolute atomic E-state index is 0. The van der Waals surface area contributed by atoms with E-state index in [0.717, 1.165) is 18.2 Å². The Morgan fingerprint density at radius 1 is 1.31 bits per heavy atom. The molecular weight excluding hydrogens is 200 g/mol. The van der Waals surface area contributed by atoms with Crippen LogP contribution in [-0.2, 0) is 0 Å². The van der Waals surface area contributed by atoms with Crippen LogP contribution in [0.1, 0.15) is 0 Å². The van der Waals surface area contributed by atoms with Crippen LogP contribution in [0, 0.1) is 11.6 Å². The van der Waals surface area contributed by atoms with E-state index in [1.807, 2.05) is 0 Å². The molecule has 0 amide bonds. The van der Waals surface area contributed by atoms with Crippen molar-refractivity contribution in [3.8, 4) is 5.75 Å². The molecule has 1 aromatic rings. The standard InChI is InChI=1S/C8H9F2NO.ClH/c9-6-1-2-7(10)8(5-6)12-4-3-11;/h1-2,5H,3-4,11H2;1H. The van der Waals surface area contributed by atoms with Crippen molar-refractivity contribution in [1.82, 2.24) is 0 Å². The molecule has 0 fully saturated rings. The second-order valence-corrected chi connectivity index (χ2v) is 2.21. The molecule has 0 bridgehead atoms. The zero-order chi connectivity index (χ0) is 8.97. The van der Waals surface area contributed by atoms with Crippen molar-refractivity contribution in [2.45, 2.75) is 0 Å². The Labute approximate surface area is 81.1 Å². The van der Waals surface area contributed by atoms with E-state index in [2.05, 4.69) is 0 Å². The highest BCUT2D eigenvalue weighted by Crippen LogP contribution is 2.17. The zero-order valence-corrected chi connectivity index (χ0v) is 7.61. The first-order valence-corrected chi connectivity index (χ1v) is 3.52. The Balaban J connectivity index is 0.00000144. The molecule has 0 aliphatic carbocycles. The summed E-state index contributed by atoms with van der Waals surface area (Å²) in [7, 11) is 0. The third-order valence-corrected chi connectivity index (χ3v) is 1.27. The summed E-state index contributed by atoms with van der Waals surface area (Å²) < 4.78 is 30.1. The third kappa shape index (κ3) is 3.57. The van der Waals surface area contributed by atoms with Crippen molar-refractivity contribution in [2.24, 2.45) is 5.73 Å². The van der Waals surface area contributed by atoms with Gasteiger partial charge in [-0.05, 0) is 12.1 Å². The van der Waals surface area contributed by atoms with E-state index >= 15 is 0 Å². The maximum Gasteiger partial charge on any atom is 0.165 e. The van der Waals surface area contributed by atoms with Crippen LogP contribution < -0.4 is 10.5 Å². The fourth-order valence-electron chi connectivity index (χ4n) is 0.757. The molecule has 0 aliphatic heterocycles. The highest BCUT2D eigenvalue weighted by atomic mass is 35.5. The topological polar surface area (TPSA) is 35.2 Å². The van der Waals surface area contributed by atoms with Gasteiger partial charge in [-0.2, -0.15) is 0 Å². The molecule has 5 heteroatoms. The van der Waals surface area contributed by atoms with Crippen LogP contribution in [0.3, 0.4) is 0 Å². The number of hydrogen-bond donors (Lipinski definition) is 1. The number of nitrogens with two attached hydrogens (primary N) is 1. The van der Waals surface area contributed by atoms with Gasteiger partial charge in [0.25, 0.3) is 0 Å². The van der Waals surface area contributed by atoms with Gasteiger partial charge in [0.2, 0.25) is 0 Å². The lowest BCUT2D eigenvalue weighted by atomic mass is 10.3. The summed E-state index contributed by atoms with van der Waals surface area (Å²) in [4.78, 5) is 0. The Morgan fingerprint density at radius 3 is 2.62 bits per heavy atom. The van der Waals surface area contributed by atoms with E-state index in [9.17, 15) is 8.78 Å². The van der Waals surface area contributed by atoms with Crippen LogP contribution >= 0.6 is 12.4 Å². The van der Waals surface area contributed by atoms with Gasteiger partial charge in [0, 0.05) is 12.6 Å². The van der Waals surface area contributed by atoms with Gasteiger partial charge >= 0.3 is 0 Å². The van der Waals surface area contributed by atoms with Crippen molar-refractivity contribution in [2.75, 3.05) is 13.2 Å². The lowest BCUT2D eigenvalue weighted by Crippen LogP contribution is -2.11. The number of benzene rings is 1. The van der Waals surface area contributed by atoms with Gasteiger partial charge in [-0.25, -0.2) is 8.78 Å². The first kappa shape index (κ1) is 12.1. The molecule has 0 saturated carbocycles. The molecule has 0 spiro atoms. The molecule has 0 radical (unpaired) electrons. The molecule has 74 valence electrons. The van der Waals surface area contributed by atoms with E-state index in [1.54, 1.807) is 0 Å². The summed E-state index contributed by atoms with van der Waals surface area (Å²) in [6, 6.07) is 3.04. The monoisotopic (exact) mass is 209 g/mol. The SMILES string of the molecule is Cl.NCCOc1cc(F)ccc1F. The van der Waals surface area contributed by atoms with E-state index in [1.165, 1.54) is 0 Å². The van der Waals surface area contributed by atoms with E-state index in [-0.39, 0.29) is 31.3 Å². The molecule has 0 saturated heterocycles. The van der Waals surface area contributed by atoms with Crippen molar-refractivity contribution in [1.29, 1.82) is 0 Å². The molecule has 2 N–H and O–H groups in total. The maximum atomic E-state index is 12.8. The second kappa shape index (κ2) is 5.72. The average molecular weight is 210 g/mol. The summed E-state index contributed by atoms with van der Waals surface area (Å²) in [5.41, 5.74) is 5.12. The molecule has 0 unspecified atom stereocenters. The number of halogens is 3. The largest absolute Gasteiger partial charge is 0.489 e. The van der Waals surface area contributed by atoms with Gasteiger partial charge in [-0.15, -0.1) is 12.4 Å². The predicted octanol–water partition coefficient (Wildman–Crippen LogP) is 1.72. The Bertz CT molecular complexity index is 270. The van der Waals surface area contributed by atoms with E-state index in [4.69, 9.17) is 10.5 Å². The Kier molecular flexibility index (Phi) is 5.34. The summed E-state index contributed by atoms with van der Waals surface area (Å²) in [6.45, 7) is 0.455. The smallest absolute Gasteiger partial charge is 0.165 e. The van der Waals surface area contributed by atoms with Crippen LogP contribution in [0.5, 0.6) is 5.75 Å². The quantitative estimate of drug-likeness (QED) is 0.823. The molecule has 1 rings (SSSR count). The van der Waals surface area contributed by atoms with Crippen molar-refractivity contribution in [3.05, 3.63) is 29.8 Å². The normalized spacial score (nSPS) is 9.15. The minimum atomic E-state index is -0.579. The average Bonchev–Trinajstić information content (AvgIpc) is 2.07. The summed E-state index contributed by atoms with van der Waals surface area (Å²) in [5, 5.41) is 0. The highest BCUT2D eigenvalue weighted by Gasteiger charge is 2.03. The summed E-state index contributed by atoms with van der Waals surface area (Å²) in [6.07, 6.45) is 0. The summed E-state index contributed by atoms with van der Waals surface area (Å²) >= 11 is 0. The van der Waals surface area contributed by atoms with E-state index < -0.39 is 11.6 Å². The summed E-state index contributed by atoms with van der Waals surface area (Å²) in [5.74, 6) is -1.20. The predicted molar refractivity (Wildman–Crippen MR) is 48.2 cm³/mol. The van der Waals surface area contributed by atoms with Crippen LogP contribution in [0.2, 0.25) is 0 Å². The fourth-order valence-corrected chi connectivity index (χ4v) is 0.757. The molecule has 0 heterocycles. The molecule has 0 aromatic heterocycles. The molecule has 2 nitrogen and oxygen atoms in total. The van der Waals surface area contributed by atoms with Gasteiger partial charge in [0.15, 0.2) is 11.6 Å². The van der Waals surface area contributed by atoms with Gasteiger partial charge in [-0.1, -0.05) is 0 Å². The molecule has 1 aromatic carbocycles. The second-order valence-electron chi connectivity index (χ2n) is 2.21. The fraction of sp³-hybridized carbons (Fsp3) is 0.250. The number of rotatable bonds is 3. The minimum Gasteiger partial charge on any atom is -0.489 e. The number of ether oxygens (including phenoxy) is 1. The van der Waals surface area contributed by atoms with Gasteiger partial charge < -0.3 is 10.5 Å². The first-order chi connectivity index (χ1) is 5.74. The molecule has 0 atom stereocenters. The highest BCUT2D eigenvalue weighted by molar-refractivity contribution is 5.85. The maximum absolute atomic E-state index is 12.8. The van der Waals surface area contributed by atoms with Gasteiger partial charge in [0.1, 0.15) is 12.4 Å². The van der Waals surface area contributed by atoms with Crippen LogP contribution in [0.4, 0.5) is 8.78 Å². The van der Waals surface area contributed by atoms with Crippen molar-refractivity contribution < 1.29 is 13.5 Å². The molecule has 0 aliphatic rings. The van der Waals surface area contributed by atoms with Crippen LogP contribution in [-0.4, -0.2) is 13.2 Å². The zero-order valence-electron chi connectivity index (χ0n) is 6.80. The molecular formula is C8H10ClF2NO. The van der Waals surface area contributed by atoms with E-state index in [0.29, 0.717) is 0 Å². The lowest BCUT2D eigenvalue weighted by molar-refractivity contribution is 0.309. The van der Waals surface area contributed by atoms with Crippen molar-refractivity contribution >= 4 is 12.4 Å². The lowest BCUT2D eigenvalue weighted by Gasteiger charge is -2.04. The Hall–Kier alpha value is -0.870. The third-order valence-electron chi connectivity index (χ3n) is 1.27. The molecule has 13 heavy (non-hydrogen) atoms. The van der Waals surface area contributed by atoms with Crippen LogP contribution in [0.25, 0.3) is 0 Å². The van der Waals surface area contributed by atoms with Gasteiger partial charge in [0.05, 0.1) is 0 Å². The van der Waals surface area contributed by atoms with Crippen molar-refractivity contribution in [3.63, 3.8) is 0 Å². The number of hydrogen-bond acceptors (Lipinski definition) is 2. The van der Waals surface area contributed by atoms with Crippen LogP contribution in [0.15, 0.2) is 18.2 Å². The van der Waals surface area contributed by atoms with Gasteiger partial charge in [-0.3, -0.25) is 0 Å². The Morgan fingerprint density at radius 2 is 2.00 bits per heavy atom.